The molecule has 2 aromatic rings. The first-order chi connectivity index (χ1) is 13.2. The van der Waals surface area contributed by atoms with Crippen LogP contribution in [-0.4, -0.2) is 35.7 Å². The van der Waals surface area contributed by atoms with Gasteiger partial charge in [-0.3, -0.25) is 4.79 Å². The SMILES string of the molecule is COc1ccc(C(=O)N2[C@H](C(=O)[O-])CS[C@H]2c2ccc(C(C)(C)C)cc2)cc1. The second-order valence-electron chi connectivity index (χ2n) is 7.83. The number of carboxylic acids is 1. The summed E-state index contributed by atoms with van der Waals surface area (Å²) in [6.45, 7) is 6.41. The van der Waals surface area contributed by atoms with E-state index in [1.54, 1.807) is 31.4 Å². The first kappa shape index (κ1) is 20.3. The number of carboxylic acid groups (broad SMARTS) is 1. The summed E-state index contributed by atoms with van der Waals surface area (Å²) in [4.78, 5) is 26.2. The van der Waals surface area contributed by atoms with Gasteiger partial charge in [-0.25, -0.2) is 0 Å². The second-order valence-corrected chi connectivity index (χ2v) is 8.95. The van der Waals surface area contributed by atoms with E-state index >= 15 is 0 Å². The lowest BCUT2D eigenvalue weighted by molar-refractivity contribution is -0.310. The number of carbonyl (C=O) groups excluding carboxylic acids is 2. The van der Waals surface area contributed by atoms with Crippen molar-refractivity contribution in [2.75, 3.05) is 12.9 Å². The number of hydrogen-bond donors (Lipinski definition) is 0. The van der Waals surface area contributed by atoms with Gasteiger partial charge in [-0.15, -0.1) is 11.8 Å². The summed E-state index contributed by atoms with van der Waals surface area (Å²) in [5.74, 6) is -0.622. The van der Waals surface area contributed by atoms with Gasteiger partial charge in [0.25, 0.3) is 5.91 Å². The molecule has 28 heavy (non-hydrogen) atoms. The number of thioether (sulfide) groups is 1. The molecule has 1 heterocycles. The Hall–Kier alpha value is -2.47. The molecule has 148 valence electrons. The van der Waals surface area contributed by atoms with Crippen molar-refractivity contribution in [3.63, 3.8) is 0 Å². The Labute approximate surface area is 169 Å². The van der Waals surface area contributed by atoms with Crippen molar-refractivity contribution in [3.05, 3.63) is 65.2 Å². The van der Waals surface area contributed by atoms with Gasteiger partial charge in [0.15, 0.2) is 0 Å². The Balaban J connectivity index is 1.93. The van der Waals surface area contributed by atoms with Crippen LogP contribution in [0.5, 0.6) is 5.75 Å². The normalized spacial score (nSPS) is 19.5. The lowest BCUT2D eigenvalue weighted by Gasteiger charge is -2.30. The van der Waals surface area contributed by atoms with E-state index in [0.717, 1.165) is 5.56 Å². The van der Waals surface area contributed by atoms with E-state index in [2.05, 4.69) is 20.8 Å². The van der Waals surface area contributed by atoms with Crippen molar-refractivity contribution in [1.29, 1.82) is 0 Å². The lowest BCUT2D eigenvalue weighted by Crippen LogP contribution is -2.49. The Morgan fingerprint density at radius 3 is 2.18 bits per heavy atom. The van der Waals surface area contributed by atoms with Crippen LogP contribution in [0.2, 0.25) is 0 Å². The van der Waals surface area contributed by atoms with Crippen LogP contribution in [0.3, 0.4) is 0 Å². The molecule has 1 saturated heterocycles. The van der Waals surface area contributed by atoms with E-state index in [1.165, 1.54) is 22.2 Å². The predicted octanol–water partition coefficient (Wildman–Crippen LogP) is 3.00. The highest BCUT2D eigenvalue weighted by molar-refractivity contribution is 7.99. The fourth-order valence-corrected chi connectivity index (χ4v) is 4.64. The van der Waals surface area contributed by atoms with Gasteiger partial charge in [0.1, 0.15) is 11.1 Å². The molecule has 2 atom stereocenters. The van der Waals surface area contributed by atoms with Crippen LogP contribution < -0.4 is 9.84 Å². The molecule has 2 aromatic carbocycles. The quantitative estimate of drug-likeness (QED) is 0.792. The number of benzene rings is 2. The van der Waals surface area contributed by atoms with Crippen LogP contribution in [-0.2, 0) is 10.2 Å². The average molecular weight is 399 g/mol. The largest absolute Gasteiger partial charge is 0.548 e. The summed E-state index contributed by atoms with van der Waals surface area (Å²) in [5.41, 5.74) is 2.53. The van der Waals surface area contributed by atoms with Gasteiger partial charge in [-0.2, -0.15) is 0 Å². The number of methoxy groups -OCH3 is 1. The number of ether oxygens (including phenoxy) is 1. The minimum absolute atomic E-state index is 0.0213. The van der Waals surface area contributed by atoms with Crippen LogP contribution in [0.15, 0.2) is 48.5 Å². The predicted molar refractivity (Wildman–Crippen MR) is 108 cm³/mol. The van der Waals surface area contributed by atoms with E-state index < -0.39 is 12.0 Å². The van der Waals surface area contributed by atoms with Gasteiger partial charge >= 0.3 is 0 Å². The van der Waals surface area contributed by atoms with Crippen LogP contribution in [0.1, 0.15) is 47.6 Å². The maximum atomic E-state index is 13.2. The Kier molecular flexibility index (Phi) is 5.70. The van der Waals surface area contributed by atoms with Crippen molar-refractivity contribution in [1.82, 2.24) is 4.90 Å². The second kappa shape index (κ2) is 7.87. The van der Waals surface area contributed by atoms with Gasteiger partial charge in [0, 0.05) is 11.3 Å². The molecule has 0 bridgehead atoms. The molecule has 0 radical (unpaired) electrons. The number of carbonyl (C=O) groups is 2. The van der Waals surface area contributed by atoms with E-state index in [9.17, 15) is 14.7 Å². The average Bonchev–Trinajstić information content (AvgIpc) is 3.12. The van der Waals surface area contributed by atoms with Gasteiger partial charge in [0.2, 0.25) is 0 Å². The van der Waals surface area contributed by atoms with Crippen molar-refractivity contribution >= 4 is 23.6 Å². The Bertz CT molecular complexity index is 856. The van der Waals surface area contributed by atoms with Crippen molar-refractivity contribution < 1.29 is 19.4 Å². The van der Waals surface area contributed by atoms with Gasteiger partial charge in [0.05, 0.1) is 19.1 Å². The molecule has 1 amide bonds. The fourth-order valence-electron chi connectivity index (χ4n) is 3.22. The van der Waals surface area contributed by atoms with E-state index in [0.29, 0.717) is 17.1 Å². The highest BCUT2D eigenvalue weighted by atomic mass is 32.2. The number of amides is 1. The summed E-state index contributed by atoms with van der Waals surface area (Å²) in [6, 6.07) is 13.7. The Morgan fingerprint density at radius 2 is 1.68 bits per heavy atom. The molecule has 0 spiro atoms. The van der Waals surface area contributed by atoms with Gasteiger partial charge in [-0.1, -0.05) is 45.0 Å². The van der Waals surface area contributed by atoms with E-state index in [-0.39, 0.29) is 16.7 Å². The molecule has 3 rings (SSSR count). The van der Waals surface area contributed by atoms with Crippen LogP contribution >= 0.6 is 11.8 Å². The van der Waals surface area contributed by atoms with E-state index in [1.807, 2.05) is 24.3 Å². The number of nitrogens with zero attached hydrogens (tertiary/aromatic N) is 1. The summed E-state index contributed by atoms with van der Waals surface area (Å²) in [7, 11) is 1.55. The molecule has 5 nitrogen and oxygen atoms in total. The molecule has 0 aromatic heterocycles. The molecule has 6 heteroatoms. The maximum absolute atomic E-state index is 13.2. The molecule has 0 unspecified atom stereocenters. The minimum Gasteiger partial charge on any atom is -0.548 e. The van der Waals surface area contributed by atoms with Crippen LogP contribution in [0.4, 0.5) is 0 Å². The molecule has 1 fully saturated rings. The standard InChI is InChI=1S/C22H25NO4S/c1-22(2,3)16-9-5-15(6-10-16)20-23(18(13-28-20)21(25)26)19(24)14-7-11-17(27-4)12-8-14/h5-12,18,20H,13H2,1-4H3,(H,25,26)/p-1/t18-,20-/m0/s1. The zero-order chi connectivity index (χ0) is 20.5. The fraction of sp³-hybridized carbons (Fsp3) is 0.364. The molecular weight excluding hydrogens is 374 g/mol. The van der Waals surface area contributed by atoms with Crippen LogP contribution in [0, 0.1) is 0 Å². The highest BCUT2D eigenvalue weighted by Gasteiger charge is 2.39. The summed E-state index contributed by atoms with van der Waals surface area (Å²) in [6.07, 6.45) is 0. The zero-order valence-electron chi connectivity index (χ0n) is 16.5. The summed E-state index contributed by atoms with van der Waals surface area (Å²) < 4.78 is 5.13. The highest BCUT2D eigenvalue weighted by Crippen LogP contribution is 2.42. The molecular formula is C22H24NO4S-. The zero-order valence-corrected chi connectivity index (χ0v) is 17.3. The minimum atomic E-state index is -1.23. The Morgan fingerprint density at radius 1 is 1.07 bits per heavy atom. The van der Waals surface area contributed by atoms with Crippen molar-refractivity contribution in [3.8, 4) is 5.75 Å². The number of rotatable bonds is 4. The third-order valence-electron chi connectivity index (χ3n) is 4.91. The first-order valence-electron chi connectivity index (χ1n) is 9.12. The molecule has 0 aliphatic carbocycles. The molecule has 0 N–H and O–H groups in total. The van der Waals surface area contributed by atoms with Crippen LogP contribution in [0.25, 0.3) is 0 Å². The number of hydrogen-bond acceptors (Lipinski definition) is 5. The first-order valence-corrected chi connectivity index (χ1v) is 10.2. The maximum Gasteiger partial charge on any atom is 0.255 e. The third kappa shape index (κ3) is 4.02. The number of aliphatic carboxylic acids is 1. The smallest absolute Gasteiger partial charge is 0.255 e. The van der Waals surface area contributed by atoms with Gasteiger partial charge < -0.3 is 19.5 Å². The lowest BCUT2D eigenvalue weighted by atomic mass is 9.86. The van der Waals surface area contributed by atoms with E-state index in [4.69, 9.17) is 4.74 Å². The molecule has 1 aliphatic rings. The summed E-state index contributed by atoms with van der Waals surface area (Å²) >= 11 is 1.44. The third-order valence-corrected chi connectivity index (χ3v) is 6.23. The topological polar surface area (TPSA) is 69.7 Å². The monoisotopic (exact) mass is 398 g/mol. The van der Waals surface area contributed by atoms with Crippen molar-refractivity contribution in [2.24, 2.45) is 0 Å². The molecule has 0 saturated carbocycles. The van der Waals surface area contributed by atoms with Gasteiger partial charge in [-0.05, 0) is 40.8 Å². The molecule has 1 aliphatic heterocycles. The summed E-state index contributed by atoms with van der Waals surface area (Å²) in [5, 5.41) is 11.3. The van der Waals surface area contributed by atoms with Crippen molar-refractivity contribution in [2.45, 2.75) is 37.6 Å².